The maximum Gasteiger partial charge on any atom is 0.251 e. The largest absolute Gasteiger partial charge is 0.352 e. The average molecular weight is 203 g/mol. The molecule has 0 spiro atoms. The molecular formula is C13H17NO. The van der Waals surface area contributed by atoms with Crippen molar-refractivity contribution in [3.05, 3.63) is 34.9 Å². The van der Waals surface area contributed by atoms with Gasteiger partial charge in [0.15, 0.2) is 0 Å². The van der Waals surface area contributed by atoms with Crippen molar-refractivity contribution in [3.8, 4) is 0 Å². The monoisotopic (exact) mass is 203 g/mol. The van der Waals surface area contributed by atoms with Crippen LogP contribution in [0.5, 0.6) is 0 Å². The lowest BCUT2D eigenvalue weighted by atomic mass is 10.1. The second-order valence-electron chi connectivity index (χ2n) is 4.47. The molecule has 2 nitrogen and oxygen atoms in total. The van der Waals surface area contributed by atoms with Crippen molar-refractivity contribution in [1.82, 2.24) is 5.32 Å². The van der Waals surface area contributed by atoms with Crippen LogP contribution in [-0.4, -0.2) is 12.5 Å². The topological polar surface area (TPSA) is 29.1 Å². The summed E-state index contributed by atoms with van der Waals surface area (Å²) in [6.45, 7) is 4.83. The van der Waals surface area contributed by atoms with E-state index in [0.717, 1.165) is 29.2 Å². The van der Waals surface area contributed by atoms with E-state index in [2.05, 4.69) is 5.32 Å². The van der Waals surface area contributed by atoms with Gasteiger partial charge in [-0.05, 0) is 44.2 Å². The fourth-order valence-electron chi connectivity index (χ4n) is 1.63. The van der Waals surface area contributed by atoms with E-state index in [1.165, 1.54) is 12.8 Å². The summed E-state index contributed by atoms with van der Waals surface area (Å²) in [6.07, 6.45) is 2.54. The first kappa shape index (κ1) is 10.2. The molecule has 0 radical (unpaired) electrons. The smallest absolute Gasteiger partial charge is 0.251 e. The van der Waals surface area contributed by atoms with Crippen LogP contribution in [0.2, 0.25) is 0 Å². The lowest BCUT2D eigenvalue weighted by Crippen LogP contribution is -2.26. The fraction of sp³-hybridized carbons (Fsp3) is 0.462. The van der Waals surface area contributed by atoms with E-state index in [-0.39, 0.29) is 5.91 Å². The molecule has 0 saturated heterocycles. The van der Waals surface area contributed by atoms with Gasteiger partial charge in [0.05, 0.1) is 0 Å². The van der Waals surface area contributed by atoms with Crippen molar-refractivity contribution in [3.63, 3.8) is 0 Å². The molecule has 1 aromatic rings. The molecule has 0 atom stereocenters. The number of carbonyl (C=O) groups excluding carboxylic acids is 1. The maximum absolute atomic E-state index is 11.8. The Labute approximate surface area is 90.7 Å². The molecule has 1 saturated carbocycles. The number of nitrogens with one attached hydrogen (secondary N) is 1. The van der Waals surface area contributed by atoms with Crippen molar-refractivity contribution in [2.75, 3.05) is 6.54 Å². The summed E-state index contributed by atoms with van der Waals surface area (Å²) >= 11 is 0. The summed E-state index contributed by atoms with van der Waals surface area (Å²) in [5.41, 5.74) is 3.00. The molecule has 0 heterocycles. The highest BCUT2D eigenvalue weighted by atomic mass is 16.1. The van der Waals surface area contributed by atoms with Gasteiger partial charge in [0.2, 0.25) is 0 Å². The van der Waals surface area contributed by atoms with Crippen LogP contribution in [0.25, 0.3) is 0 Å². The van der Waals surface area contributed by atoms with Crippen LogP contribution in [0.1, 0.15) is 34.3 Å². The molecule has 1 N–H and O–H groups in total. The van der Waals surface area contributed by atoms with E-state index in [9.17, 15) is 4.79 Å². The summed E-state index contributed by atoms with van der Waals surface area (Å²) in [5, 5.41) is 2.99. The van der Waals surface area contributed by atoms with Gasteiger partial charge in [-0.1, -0.05) is 17.7 Å². The number of hydrogen-bond acceptors (Lipinski definition) is 1. The highest BCUT2D eigenvalue weighted by Crippen LogP contribution is 2.27. The van der Waals surface area contributed by atoms with Crippen molar-refractivity contribution in [1.29, 1.82) is 0 Å². The molecule has 2 heteroatoms. The standard InChI is InChI=1S/C13H17NO/c1-9-3-4-10(2)12(7-9)13(15)14-8-11-5-6-11/h3-4,7,11H,5-6,8H2,1-2H3,(H,14,15). The van der Waals surface area contributed by atoms with Crippen LogP contribution in [0.15, 0.2) is 18.2 Å². The molecule has 1 fully saturated rings. The molecule has 2 rings (SSSR count). The summed E-state index contributed by atoms with van der Waals surface area (Å²) in [6, 6.07) is 5.99. The number of aryl methyl sites for hydroxylation is 2. The van der Waals surface area contributed by atoms with Gasteiger partial charge in [-0.3, -0.25) is 4.79 Å². The van der Waals surface area contributed by atoms with Gasteiger partial charge in [-0.15, -0.1) is 0 Å². The van der Waals surface area contributed by atoms with Gasteiger partial charge in [0.25, 0.3) is 5.91 Å². The zero-order valence-corrected chi connectivity index (χ0v) is 9.34. The van der Waals surface area contributed by atoms with Crippen LogP contribution >= 0.6 is 0 Å². The summed E-state index contributed by atoms with van der Waals surface area (Å²) < 4.78 is 0. The highest BCUT2D eigenvalue weighted by Gasteiger charge is 2.22. The van der Waals surface area contributed by atoms with Gasteiger partial charge in [-0.25, -0.2) is 0 Å². The molecule has 1 aliphatic carbocycles. The van der Waals surface area contributed by atoms with Gasteiger partial charge < -0.3 is 5.32 Å². The fourth-order valence-corrected chi connectivity index (χ4v) is 1.63. The molecule has 0 bridgehead atoms. The molecule has 1 amide bonds. The number of amides is 1. The van der Waals surface area contributed by atoms with Crippen LogP contribution in [0, 0.1) is 19.8 Å². The third-order valence-electron chi connectivity index (χ3n) is 2.89. The molecule has 1 aliphatic rings. The number of hydrogen-bond donors (Lipinski definition) is 1. The summed E-state index contributed by atoms with van der Waals surface area (Å²) in [4.78, 5) is 11.8. The third kappa shape index (κ3) is 2.58. The third-order valence-corrected chi connectivity index (χ3v) is 2.89. The van der Waals surface area contributed by atoms with E-state index >= 15 is 0 Å². The van der Waals surface area contributed by atoms with Crippen LogP contribution in [-0.2, 0) is 0 Å². The Balaban J connectivity index is 2.05. The van der Waals surface area contributed by atoms with Gasteiger partial charge in [0.1, 0.15) is 0 Å². The number of carbonyl (C=O) groups is 1. The van der Waals surface area contributed by atoms with Crippen LogP contribution in [0.3, 0.4) is 0 Å². The molecule has 1 aromatic carbocycles. The highest BCUT2D eigenvalue weighted by molar-refractivity contribution is 5.95. The van der Waals surface area contributed by atoms with Crippen molar-refractivity contribution >= 4 is 5.91 Å². The van der Waals surface area contributed by atoms with Crippen molar-refractivity contribution in [2.24, 2.45) is 5.92 Å². The second kappa shape index (κ2) is 4.05. The minimum absolute atomic E-state index is 0.0723. The zero-order valence-electron chi connectivity index (χ0n) is 9.34. The Hall–Kier alpha value is -1.31. The van der Waals surface area contributed by atoms with Crippen LogP contribution < -0.4 is 5.32 Å². The van der Waals surface area contributed by atoms with Crippen molar-refractivity contribution < 1.29 is 4.79 Å². The quantitative estimate of drug-likeness (QED) is 0.803. The Morgan fingerprint density at radius 2 is 2.13 bits per heavy atom. The van der Waals surface area contributed by atoms with Gasteiger partial charge >= 0.3 is 0 Å². The van der Waals surface area contributed by atoms with Gasteiger partial charge in [0, 0.05) is 12.1 Å². The Bertz CT molecular complexity index is 380. The minimum Gasteiger partial charge on any atom is -0.352 e. The molecule has 80 valence electrons. The first-order valence-electron chi connectivity index (χ1n) is 5.52. The van der Waals surface area contributed by atoms with E-state index in [0.29, 0.717) is 0 Å². The Kier molecular flexibility index (Phi) is 2.76. The van der Waals surface area contributed by atoms with E-state index in [1.54, 1.807) is 0 Å². The second-order valence-corrected chi connectivity index (χ2v) is 4.47. The lowest BCUT2D eigenvalue weighted by molar-refractivity contribution is 0.0951. The lowest BCUT2D eigenvalue weighted by Gasteiger charge is -2.07. The van der Waals surface area contributed by atoms with Gasteiger partial charge in [-0.2, -0.15) is 0 Å². The normalized spacial score (nSPS) is 15.1. The molecule has 0 aliphatic heterocycles. The maximum atomic E-state index is 11.8. The molecule has 15 heavy (non-hydrogen) atoms. The predicted molar refractivity (Wildman–Crippen MR) is 61.0 cm³/mol. The van der Waals surface area contributed by atoms with Crippen LogP contribution in [0.4, 0.5) is 0 Å². The zero-order chi connectivity index (χ0) is 10.8. The summed E-state index contributed by atoms with van der Waals surface area (Å²) in [7, 11) is 0. The number of benzene rings is 1. The number of rotatable bonds is 3. The summed E-state index contributed by atoms with van der Waals surface area (Å²) in [5.74, 6) is 0.808. The Morgan fingerprint density at radius 1 is 1.40 bits per heavy atom. The average Bonchev–Trinajstić information content (AvgIpc) is 3.02. The first-order valence-corrected chi connectivity index (χ1v) is 5.52. The van der Waals surface area contributed by atoms with E-state index in [4.69, 9.17) is 0 Å². The molecule has 0 aromatic heterocycles. The SMILES string of the molecule is Cc1ccc(C)c(C(=O)NCC2CC2)c1. The van der Waals surface area contributed by atoms with E-state index in [1.807, 2.05) is 32.0 Å². The molecule has 0 unspecified atom stereocenters. The van der Waals surface area contributed by atoms with E-state index < -0.39 is 0 Å². The minimum atomic E-state index is 0.0723. The predicted octanol–water partition coefficient (Wildman–Crippen LogP) is 2.44. The Morgan fingerprint density at radius 3 is 2.80 bits per heavy atom. The van der Waals surface area contributed by atoms with Crippen molar-refractivity contribution in [2.45, 2.75) is 26.7 Å². The first-order chi connectivity index (χ1) is 7.16. The molecular weight excluding hydrogens is 186 g/mol.